The summed E-state index contributed by atoms with van der Waals surface area (Å²) in [6.07, 6.45) is -7.23. The van der Waals surface area contributed by atoms with Gasteiger partial charge in [0.2, 0.25) is 0 Å². The number of hydrogen-bond donors (Lipinski definition) is 0. The second-order valence-electron chi connectivity index (χ2n) is 3.62. The number of allylic oxidation sites excluding steroid dienone is 4. The molecule has 1 aliphatic rings. The van der Waals surface area contributed by atoms with E-state index in [0.717, 1.165) is 12.2 Å². The maximum absolute atomic E-state index is 12.5. The number of hydrogen-bond acceptors (Lipinski definition) is 0. The quantitative estimate of drug-likeness (QED) is 0.605. The van der Waals surface area contributed by atoms with Gasteiger partial charge in [0.25, 0.3) is 0 Å². The highest BCUT2D eigenvalue weighted by Crippen LogP contribution is 2.41. The van der Waals surface area contributed by atoms with Crippen molar-refractivity contribution in [2.45, 2.75) is 25.7 Å². The summed E-state index contributed by atoms with van der Waals surface area (Å²) in [4.78, 5) is 0. The molecule has 0 radical (unpaired) electrons. The SMILES string of the molecule is CCC1C=CC(C(F)(F)F)=CC1C(F)(F)F. The van der Waals surface area contributed by atoms with Crippen molar-refractivity contribution in [2.75, 3.05) is 0 Å². The van der Waals surface area contributed by atoms with Crippen LogP contribution in [0.2, 0.25) is 0 Å². The summed E-state index contributed by atoms with van der Waals surface area (Å²) in [6, 6.07) is 0. The minimum Gasteiger partial charge on any atom is -0.170 e. The Labute approximate surface area is 88.6 Å². The number of rotatable bonds is 1. The molecule has 2 unspecified atom stereocenters. The Kier molecular flexibility index (Phi) is 3.40. The highest BCUT2D eigenvalue weighted by Gasteiger charge is 2.45. The Balaban J connectivity index is 3.04. The Morgan fingerprint density at radius 3 is 2.06 bits per heavy atom. The van der Waals surface area contributed by atoms with E-state index in [0.29, 0.717) is 0 Å². The summed E-state index contributed by atoms with van der Waals surface area (Å²) in [5.74, 6) is -2.95. The first-order chi connectivity index (χ1) is 7.16. The Hall–Kier alpha value is -0.940. The smallest absolute Gasteiger partial charge is 0.170 e. The zero-order valence-electron chi connectivity index (χ0n) is 8.36. The van der Waals surface area contributed by atoms with Crippen molar-refractivity contribution in [3.8, 4) is 0 Å². The van der Waals surface area contributed by atoms with Crippen molar-refractivity contribution in [2.24, 2.45) is 11.8 Å². The molecular formula is C10H10F6. The lowest BCUT2D eigenvalue weighted by atomic mass is 9.83. The van der Waals surface area contributed by atoms with Crippen molar-refractivity contribution in [3.63, 3.8) is 0 Å². The Morgan fingerprint density at radius 2 is 1.69 bits per heavy atom. The normalized spacial score (nSPS) is 26.8. The molecule has 0 amide bonds. The first kappa shape index (κ1) is 13.1. The first-order valence-electron chi connectivity index (χ1n) is 4.70. The van der Waals surface area contributed by atoms with E-state index in [9.17, 15) is 26.3 Å². The zero-order valence-corrected chi connectivity index (χ0v) is 8.36. The molecule has 0 aromatic carbocycles. The fourth-order valence-electron chi connectivity index (χ4n) is 1.64. The van der Waals surface area contributed by atoms with Gasteiger partial charge >= 0.3 is 12.4 Å². The van der Waals surface area contributed by atoms with Gasteiger partial charge in [0.15, 0.2) is 0 Å². The van der Waals surface area contributed by atoms with Crippen LogP contribution in [0.3, 0.4) is 0 Å². The van der Waals surface area contributed by atoms with E-state index >= 15 is 0 Å². The molecule has 6 heteroatoms. The van der Waals surface area contributed by atoms with Crippen LogP contribution in [0, 0.1) is 11.8 Å². The minimum atomic E-state index is -4.72. The summed E-state index contributed by atoms with van der Waals surface area (Å²) < 4.78 is 74.2. The van der Waals surface area contributed by atoms with Crippen molar-refractivity contribution < 1.29 is 26.3 Å². The van der Waals surface area contributed by atoms with Gasteiger partial charge in [-0.1, -0.05) is 25.2 Å². The maximum atomic E-state index is 12.5. The maximum Gasteiger partial charge on any atom is 0.416 e. The lowest BCUT2D eigenvalue weighted by Crippen LogP contribution is -2.31. The second-order valence-corrected chi connectivity index (χ2v) is 3.62. The summed E-state index contributed by atoms with van der Waals surface area (Å²) in [7, 11) is 0. The molecule has 0 spiro atoms. The minimum absolute atomic E-state index is 0.155. The average Bonchev–Trinajstić information content (AvgIpc) is 2.14. The molecule has 0 aliphatic heterocycles. The molecule has 0 aromatic heterocycles. The average molecular weight is 244 g/mol. The van der Waals surface area contributed by atoms with Gasteiger partial charge in [-0.2, -0.15) is 26.3 Å². The second kappa shape index (κ2) is 4.14. The predicted octanol–water partition coefficient (Wildman–Crippen LogP) is 4.25. The highest BCUT2D eigenvalue weighted by atomic mass is 19.4. The fourth-order valence-corrected chi connectivity index (χ4v) is 1.64. The molecule has 92 valence electrons. The van der Waals surface area contributed by atoms with Crippen molar-refractivity contribution in [1.29, 1.82) is 0 Å². The standard InChI is InChI=1S/C10H10F6/c1-2-6-3-4-7(9(11,12)13)5-8(6)10(14,15)16/h3-6,8H,2H2,1H3. The summed E-state index contributed by atoms with van der Waals surface area (Å²) in [5.41, 5.74) is -1.22. The lowest BCUT2D eigenvalue weighted by Gasteiger charge is -2.27. The fraction of sp³-hybridized carbons (Fsp3) is 0.600. The van der Waals surface area contributed by atoms with E-state index in [4.69, 9.17) is 0 Å². The van der Waals surface area contributed by atoms with Crippen LogP contribution in [-0.2, 0) is 0 Å². The van der Waals surface area contributed by atoms with E-state index in [1.54, 1.807) is 0 Å². The van der Waals surface area contributed by atoms with Crippen molar-refractivity contribution >= 4 is 0 Å². The molecule has 0 nitrogen and oxygen atoms in total. The molecule has 0 aromatic rings. The first-order valence-corrected chi connectivity index (χ1v) is 4.70. The molecule has 16 heavy (non-hydrogen) atoms. The van der Waals surface area contributed by atoms with Gasteiger partial charge < -0.3 is 0 Å². The van der Waals surface area contributed by atoms with Gasteiger partial charge in [-0.25, -0.2) is 0 Å². The summed E-state index contributed by atoms with van der Waals surface area (Å²) in [5, 5.41) is 0. The van der Waals surface area contributed by atoms with Gasteiger partial charge in [0.05, 0.1) is 11.5 Å². The number of halogens is 6. The van der Waals surface area contributed by atoms with Crippen LogP contribution in [0.25, 0.3) is 0 Å². The molecule has 0 heterocycles. The molecular weight excluding hydrogens is 234 g/mol. The van der Waals surface area contributed by atoms with Crippen molar-refractivity contribution in [3.05, 3.63) is 23.8 Å². The molecule has 0 saturated heterocycles. The molecule has 1 rings (SSSR count). The predicted molar refractivity (Wildman–Crippen MR) is 46.6 cm³/mol. The third-order valence-electron chi connectivity index (χ3n) is 2.52. The van der Waals surface area contributed by atoms with Crippen LogP contribution in [-0.4, -0.2) is 12.4 Å². The largest absolute Gasteiger partial charge is 0.416 e. The van der Waals surface area contributed by atoms with Gasteiger partial charge in [-0.3, -0.25) is 0 Å². The Morgan fingerprint density at radius 1 is 1.12 bits per heavy atom. The van der Waals surface area contributed by atoms with Gasteiger partial charge in [0.1, 0.15) is 0 Å². The van der Waals surface area contributed by atoms with Crippen LogP contribution in [0.4, 0.5) is 26.3 Å². The lowest BCUT2D eigenvalue weighted by molar-refractivity contribution is -0.172. The van der Waals surface area contributed by atoms with Gasteiger partial charge in [0, 0.05) is 0 Å². The van der Waals surface area contributed by atoms with Crippen LogP contribution in [0.5, 0.6) is 0 Å². The van der Waals surface area contributed by atoms with Gasteiger partial charge in [-0.15, -0.1) is 0 Å². The van der Waals surface area contributed by atoms with Crippen LogP contribution in [0.1, 0.15) is 13.3 Å². The van der Waals surface area contributed by atoms with Crippen molar-refractivity contribution in [1.82, 2.24) is 0 Å². The highest BCUT2D eigenvalue weighted by molar-refractivity contribution is 5.30. The van der Waals surface area contributed by atoms with E-state index in [2.05, 4.69) is 0 Å². The third-order valence-corrected chi connectivity index (χ3v) is 2.52. The molecule has 1 aliphatic carbocycles. The van der Waals surface area contributed by atoms with Crippen LogP contribution < -0.4 is 0 Å². The summed E-state index contributed by atoms with van der Waals surface area (Å²) >= 11 is 0. The van der Waals surface area contributed by atoms with Gasteiger partial charge in [-0.05, 0) is 12.3 Å². The zero-order chi connectivity index (χ0) is 12.6. The van der Waals surface area contributed by atoms with Crippen LogP contribution >= 0.6 is 0 Å². The number of alkyl halides is 6. The molecule has 0 fully saturated rings. The Bertz CT molecular complexity index is 306. The van der Waals surface area contributed by atoms with E-state index < -0.39 is 29.8 Å². The molecule has 0 bridgehead atoms. The van der Waals surface area contributed by atoms with E-state index in [1.165, 1.54) is 6.92 Å². The van der Waals surface area contributed by atoms with E-state index in [-0.39, 0.29) is 12.5 Å². The van der Waals surface area contributed by atoms with Crippen LogP contribution in [0.15, 0.2) is 23.8 Å². The molecule has 0 saturated carbocycles. The topological polar surface area (TPSA) is 0 Å². The van der Waals surface area contributed by atoms with E-state index in [1.807, 2.05) is 0 Å². The molecule has 2 atom stereocenters. The molecule has 0 N–H and O–H groups in total. The summed E-state index contributed by atoms with van der Waals surface area (Å²) in [6.45, 7) is 1.51. The monoisotopic (exact) mass is 244 g/mol. The third kappa shape index (κ3) is 2.80.